The van der Waals surface area contributed by atoms with Crippen molar-refractivity contribution < 1.29 is 19.1 Å². The minimum Gasteiger partial charge on any atom is -0.497 e. The molecule has 2 aromatic rings. The van der Waals surface area contributed by atoms with Crippen LogP contribution in [0.2, 0.25) is 5.02 Å². The smallest absolute Gasteiger partial charge is 0.255 e. The number of likely N-dealkylation sites (tertiary alicyclic amines) is 1. The van der Waals surface area contributed by atoms with Gasteiger partial charge in [-0.1, -0.05) is 37.6 Å². The summed E-state index contributed by atoms with van der Waals surface area (Å²) < 4.78 is 11.0. The number of carbonyl (C=O) groups is 2. The van der Waals surface area contributed by atoms with Gasteiger partial charge in [0.25, 0.3) is 5.91 Å². The maximum absolute atomic E-state index is 13.2. The molecule has 2 amide bonds. The number of halogens is 1. The molecule has 1 saturated heterocycles. The van der Waals surface area contributed by atoms with Crippen LogP contribution in [-0.4, -0.2) is 50.6 Å². The van der Waals surface area contributed by atoms with Crippen LogP contribution in [0.5, 0.6) is 11.5 Å². The molecule has 172 valence electrons. The Balaban J connectivity index is 1.92. The van der Waals surface area contributed by atoms with Gasteiger partial charge in [0.2, 0.25) is 5.91 Å². The van der Waals surface area contributed by atoms with E-state index < -0.39 is 5.92 Å². The highest BCUT2D eigenvalue weighted by molar-refractivity contribution is 6.33. The van der Waals surface area contributed by atoms with E-state index >= 15 is 0 Å². The summed E-state index contributed by atoms with van der Waals surface area (Å²) >= 11 is 6.27. The quantitative estimate of drug-likeness (QED) is 0.637. The fourth-order valence-corrected chi connectivity index (χ4v) is 4.32. The maximum atomic E-state index is 13.2. The molecule has 7 heteroatoms. The Morgan fingerprint density at radius 2 is 1.88 bits per heavy atom. The number of hydrogen-bond acceptors (Lipinski definition) is 4. The van der Waals surface area contributed by atoms with Gasteiger partial charge in [-0.15, -0.1) is 0 Å². The lowest BCUT2D eigenvalue weighted by molar-refractivity contribution is -0.124. The number of ether oxygens (including phenoxy) is 2. The molecule has 3 rings (SSSR count). The van der Waals surface area contributed by atoms with Crippen LogP contribution in [0.3, 0.4) is 0 Å². The minimum absolute atomic E-state index is 0.0602. The second-order valence-corrected chi connectivity index (χ2v) is 8.89. The van der Waals surface area contributed by atoms with Gasteiger partial charge in [-0.3, -0.25) is 9.59 Å². The van der Waals surface area contributed by atoms with Gasteiger partial charge in [0.15, 0.2) is 0 Å². The molecule has 0 unspecified atom stereocenters. The van der Waals surface area contributed by atoms with Crippen molar-refractivity contribution in [2.75, 3.05) is 33.9 Å². The van der Waals surface area contributed by atoms with Crippen LogP contribution in [0.15, 0.2) is 42.5 Å². The van der Waals surface area contributed by atoms with Gasteiger partial charge in [0.05, 0.1) is 30.7 Å². The molecule has 2 atom stereocenters. The summed E-state index contributed by atoms with van der Waals surface area (Å²) in [4.78, 5) is 28.1. The monoisotopic (exact) mass is 458 g/mol. The van der Waals surface area contributed by atoms with Crippen molar-refractivity contribution in [1.29, 1.82) is 0 Å². The molecule has 1 heterocycles. The zero-order valence-corrected chi connectivity index (χ0v) is 19.8. The Kier molecular flexibility index (Phi) is 8.02. The Hall–Kier alpha value is -2.73. The van der Waals surface area contributed by atoms with Crippen molar-refractivity contribution in [2.45, 2.75) is 26.2 Å². The van der Waals surface area contributed by atoms with Gasteiger partial charge in [-0.2, -0.15) is 0 Å². The second-order valence-electron chi connectivity index (χ2n) is 8.48. The lowest BCUT2D eigenvalue weighted by Gasteiger charge is -2.21. The number of methoxy groups -OCH3 is 2. The molecule has 0 saturated carbocycles. The van der Waals surface area contributed by atoms with Crippen LogP contribution in [0, 0.1) is 11.8 Å². The van der Waals surface area contributed by atoms with E-state index in [2.05, 4.69) is 19.2 Å². The van der Waals surface area contributed by atoms with Crippen LogP contribution >= 0.6 is 11.6 Å². The Bertz CT molecular complexity index is 963. The van der Waals surface area contributed by atoms with Crippen LogP contribution in [0.25, 0.3) is 0 Å². The van der Waals surface area contributed by atoms with E-state index in [0.717, 1.165) is 12.0 Å². The summed E-state index contributed by atoms with van der Waals surface area (Å²) in [6.45, 7) is 5.54. The molecule has 0 spiro atoms. The van der Waals surface area contributed by atoms with Gasteiger partial charge in [0, 0.05) is 31.1 Å². The molecule has 0 radical (unpaired) electrons. The van der Waals surface area contributed by atoms with E-state index in [0.29, 0.717) is 47.6 Å². The van der Waals surface area contributed by atoms with Gasteiger partial charge >= 0.3 is 0 Å². The Labute approximate surface area is 194 Å². The molecule has 0 aliphatic carbocycles. The molecule has 0 aromatic heterocycles. The van der Waals surface area contributed by atoms with Crippen molar-refractivity contribution in [3.8, 4) is 11.5 Å². The number of rotatable bonds is 8. The summed E-state index contributed by atoms with van der Waals surface area (Å²) in [6, 6.07) is 12.5. The molecule has 0 bridgehead atoms. The van der Waals surface area contributed by atoms with Crippen molar-refractivity contribution in [3.63, 3.8) is 0 Å². The topological polar surface area (TPSA) is 67.9 Å². The normalized spacial score (nSPS) is 18.0. The summed E-state index contributed by atoms with van der Waals surface area (Å²) in [5, 5.41) is 3.46. The second kappa shape index (κ2) is 10.7. The van der Waals surface area contributed by atoms with Crippen LogP contribution in [0.1, 0.15) is 42.1 Å². The largest absolute Gasteiger partial charge is 0.497 e. The number of nitrogens with zero attached hydrogens (tertiary/aromatic N) is 1. The number of carbonyl (C=O) groups excluding carboxylic acids is 2. The first-order valence-electron chi connectivity index (χ1n) is 10.9. The molecular weight excluding hydrogens is 428 g/mol. The third-order valence-corrected chi connectivity index (χ3v) is 6.23. The molecule has 1 aliphatic heterocycles. The third kappa shape index (κ3) is 5.36. The SMILES string of the molecule is COc1ccc(OC)c([C@H]2CN(C(=O)c3ccccc3Cl)C[C@@H]2C(=O)NCCC(C)C)c1. The Morgan fingerprint density at radius 3 is 2.53 bits per heavy atom. The van der Waals surface area contributed by atoms with Crippen molar-refractivity contribution in [3.05, 3.63) is 58.6 Å². The van der Waals surface area contributed by atoms with Crippen LogP contribution in [0.4, 0.5) is 0 Å². The van der Waals surface area contributed by atoms with Crippen molar-refractivity contribution in [1.82, 2.24) is 10.2 Å². The maximum Gasteiger partial charge on any atom is 0.255 e. The van der Waals surface area contributed by atoms with Gasteiger partial charge in [-0.25, -0.2) is 0 Å². The van der Waals surface area contributed by atoms with Gasteiger partial charge in [-0.05, 0) is 42.7 Å². The number of amides is 2. The van der Waals surface area contributed by atoms with Gasteiger partial charge in [0.1, 0.15) is 11.5 Å². The van der Waals surface area contributed by atoms with Crippen molar-refractivity contribution in [2.24, 2.45) is 11.8 Å². The third-order valence-electron chi connectivity index (χ3n) is 5.91. The fraction of sp³-hybridized carbons (Fsp3) is 0.440. The average Bonchev–Trinajstić information content (AvgIpc) is 3.23. The van der Waals surface area contributed by atoms with E-state index in [1.807, 2.05) is 18.2 Å². The minimum atomic E-state index is -0.408. The van der Waals surface area contributed by atoms with E-state index in [-0.39, 0.29) is 17.7 Å². The van der Waals surface area contributed by atoms with Crippen LogP contribution < -0.4 is 14.8 Å². The zero-order chi connectivity index (χ0) is 23.3. The van der Waals surface area contributed by atoms with Gasteiger partial charge < -0.3 is 19.7 Å². The number of benzene rings is 2. The van der Waals surface area contributed by atoms with E-state index in [1.54, 1.807) is 43.4 Å². The van der Waals surface area contributed by atoms with E-state index in [1.165, 1.54) is 0 Å². The van der Waals surface area contributed by atoms with E-state index in [9.17, 15) is 9.59 Å². The lowest BCUT2D eigenvalue weighted by Crippen LogP contribution is -2.36. The molecule has 2 aromatic carbocycles. The molecular formula is C25H31ClN2O4. The molecule has 32 heavy (non-hydrogen) atoms. The standard InChI is InChI=1S/C25H31ClN2O4/c1-16(2)11-12-27-24(29)21-15-28(25(30)18-7-5-6-8-22(18)26)14-20(21)19-13-17(31-3)9-10-23(19)32-4/h5-10,13,16,20-21H,11-12,14-15H2,1-4H3,(H,27,29)/t20-,21+/m1/s1. The zero-order valence-electron chi connectivity index (χ0n) is 19.1. The first kappa shape index (κ1) is 23.9. The lowest BCUT2D eigenvalue weighted by atomic mass is 9.87. The fourth-order valence-electron chi connectivity index (χ4n) is 4.10. The number of hydrogen-bond donors (Lipinski definition) is 1. The summed E-state index contributed by atoms with van der Waals surface area (Å²) in [5.41, 5.74) is 1.29. The Morgan fingerprint density at radius 1 is 1.12 bits per heavy atom. The summed E-state index contributed by atoms with van der Waals surface area (Å²) in [5.74, 6) is 0.958. The summed E-state index contributed by atoms with van der Waals surface area (Å²) in [6.07, 6.45) is 0.897. The first-order valence-corrected chi connectivity index (χ1v) is 11.3. The first-order chi connectivity index (χ1) is 15.3. The van der Waals surface area contributed by atoms with Crippen LogP contribution in [-0.2, 0) is 4.79 Å². The molecule has 1 N–H and O–H groups in total. The predicted octanol–water partition coefficient (Wildman–Crippen LogP) is 4.38. The molecule has 6 nitrogen and oxygen atoms in total. The number of nitrogens with one attached hydrogen (secondary N) is 1. The highest BCUT2D eigenvalue weighted by atomic mass is 35.5. The van der Waals surface area contributed by atoms with E-state index in [4.69, 9.17) is 21.1 Å². The highest BCUT2D eigenvalue weighted by Crippen LogP contribution is 2.40. The predicted molar refractivity (Wildman–Crippen MR) is 126 cm³/mol. The summed E-state index contributed by atoms with van der Waals surface area (Å²) in [7, 11) is 3.20. The average molecular weight is 459 g/mol. The molecule has 1 fully saturated rings. The molecule has 1 aliphatic rings. The van der Waals surface area contributed by atoms with Crippen molar-refractivity contribution >= 4 is 23.4 Å². The highest BCUT2D eigenvalue weighted by Gasteiger charge is 2.42.